The Balaban J connectivity index is 1.60. The predicted molar refractivity (Wildman–Crippen MR) is 120 cm³/mol. The molecule has 0 aliphatic carbocycles. The Bertz CT molecular complexity index is 785. The molecule has 0 fully saturated rings. The molecule has 0 bridgehead atoms. The molecule has 0 amide bonds. The van der Waals surface area contributed by atoms with Gasteiger partial charge in [0.05, 0.1) is 7.11 Å². The third kappa shape index (κ3) is 6.74. The van der Waals surface area contributed by atoms with E-state index in [0.29, 0.717) is 0 Å². The van der Waals surface area contributed by atoms with E-state index in [4.69, 9.17) is 4.74 Å². The van der Waals surface area contributed by atoms with Gasteiger partial charge in [-0.25, -0.2) is 0 Å². The van der Waals surface area contributed by atoms with E-state index in [9.17, 15) is 0 Å². The lowest BCUT2D eigenvalue weighted by Crippen LogP contribution is -1.92. The van der Waals surface area contributed by atoms with Crippen LogP contribution >= 0.6 is 0 Å². The van der Waals surface area contributed by atoms with Crippen molar-refractivity contribution in [3.63, 3.8) is 0 Å². The molecular formula is C27H30O. The van der Waals surface area contributed by atoms with Crippen LogP contribution in [0.25, 0.3) is 6.08 Å². The van der Waals surface area contributed by atoms with Gasteiger partial charge in [-0.1, -0.05) is 84.4 Å². The zero-order valence-electron chi connectivity index (χ0n) is 16.8. The fraction of sp³-hybridized carbons (Fsp3) is 0.259. The maximum Gasteiger partial charge on any atom is 0.118 e. The van der Waals surface area contributed by atoms with E-state index in [0.717, 1.165) is 31.4 Å². The van der Waals surface area contributed by atoms with Crippen LogP contribution in [0.2, 0.25) is 0 Å². The summed E-state index contributed by atoms with van der Waals surface area (Å²) in [4.78, 5) is 0. The second-order valence-corrected chi connectivity index (χ2v) is 7.25. The zero-order chi connectivity index (χ0) is 19.4. The molecule has 0 radical (unpaired) electrons. The fourth-order valence-corrected chi connectivity index (χ4v) is 3.53. The van der Waals surface area contributed by atoms with E-state index in [1.165, 1.54) is 35.1 Å². The summed E-state index contributed by atoms with van der Waals surface area (Å²) in [6, 6.07) is 30.0. The molecule has 3 rings (SSSR count). The smallest absolute Gasteiger partial charge is 0.118 e. The van der Waals surface area contributed by atoms with E-state index in [2.05, 4.69) is 78.9 Å². The first kappa shape index (κ1) is 19.9. The zero-order valence-corrected chi connectivity index (χ0v) is 16.8. The van der Waals surface area contributed by atoms with Crippen LogP contribution < -0.4 is 4.74 Å². The lowest BCUT2D eigenvalue weighted by molar-refractivity contribution is 0.415. The molecule has 28 heavy (non-hydrogen) atoms. The molecule has 1 nitrogen and oxygen atoms in total. The van der Waals surface area contributed by atoms with E-state index in [1.54, 1.807) is 7.11 Å². The van der Waals surface area contributed by atoms with Crippen molar-refractivity contribution in [3.8, 4) is 5.75 Å². The molecule has 1 heteroatoms. The highest BCUT2D eigenvalue weighted by Gasteiger charge is 2.02. The Morgan fingerprint density at radius 3 is 1.64 bits per heavy atom. The SMILES string of the molecule is COc1ccc(C=C(CCCc2ccccc2)CCCc2ccccc2)cc1. The molecule has 0 aliphatic rings. The number of ether oxygens (including phenoxy) is 1. The third-order valence-corrected chi connectivity index (χ3v) is 5.10. The summed E-state index contributed by atoms with van der Waals surface area (Å²) in [6.07, 6.45) is 9.33. The Labute approximate surface area is 169 Å². The van der Waals surface area contributed by atoms with Crippen LogP contribution in [0.5, 0.6) is 5.75 Å². The molecule has 0 atom stereocenters. The molecule has 0 spiro atoms. The van der Waals surface area contributed by atoms with Crippen molar-refractivity contribution in [2.75, 3.05) is 7.11 Å². The number of benzene rings is 3. The highest BCUT2D eigenvalue weighted by atomic mass is 16.5. The Morgan fingerprint density at radius 1 is 0.679 bits per heavy atom. The van der Waals surface area contributed by atoms with Gasteiger partial charge in [-0.05, 0) is 67.3 Å². The van der Waals surface area contributed by atoms with Gasteiger partial charge < -0.3 is 4.74 Å². The number of hydrogen-bond donors (Lipinski definition) is 0. The van der Waals surface area contributed by atoms with Crippen LogP contribution in [0.15, 0.2) is 90.5 Å². The molecule has 0 saturated heterocycles. The van der Waals surface area contributed by atoms with Gasteiger partial charge >= 0.3 is 0 Å². The van der Waals surface area contributed by atoms with Gasteiger partial charge in [-0.15, -0.1) is 0 Å². The summed E-state index contributed by atoms with van der Waals surface area (Å²) in [6.45, 7) is 0. The molecule has 144 valence electrons. The van der Waals surface area contributed by atoms with Gasteiger partial charge in [0.2, 0.25) is 0 Å². The number of hydrogen-bond acceptors (Lipinski definition) is 1. The Hall–Kier alpha value is -2.80. The topological polar surface area (TPSA) is 9.23 Å². The van der Waals surface area contributed by atoms with Crippen molar-refractivity contribution in [3.05, 3.63) is 107 Å². The second-order valence-electron chi connectivity index (χ2n) is 7.25. The summed E-state index contributed by atoms with van der Waals surface area (Å²) in [5, 5.41) is 0. The molecule has 0 saturated carbocycles. The van der Waals surface area contributed by atoms with Gasteiger partial charge in [-0.3, -0.25) is 0 Å². The summed E-state index contributed by atoms with van der Waals surface area (Å²) >= 11 is 0. The minimum absolute atomic E-state index is 0.909. The van der Waals surface area contributed by atoms with Crippen LogP contribution in [-0.2, 0) is 12.8 Å². The normalized spacial score (nSPS) is 10.5. The van der Waals surface area contributed by atoms with Crippen LogP contribution in [0.1, 0.15) is 42.4 Å². The highest BCUT2D eigenvalue weighted by Crippen LogP contribution is 2.21. The van der Waals surface area contributed by atoms with Crippen molar-refractivity contribution in [1.82, 2.24) is 0 Å². The maximum absolute atomic E-state index is 5.28. The minimum atomic E-state index is 0.909. The van der Waals surface area contributed by atoms with Crippen molar-refractivity contribution >= 4 is 6.08 Å². The van der Waals surface area contributed by atoms with E-state index < -0.39 is 0 Å². The van der Waals surface area contributed by atoms with Crippen LogP contribution in [0.4, 0.5) is 0 Å². The lowest BCUT2D eigenvalue weighted by atomic mass is 9.97. The van der Waals surface area contributed by atoms with Gasteiger partial charge in [0.25, 0.3) is 0 Å². The Kier molecular flexibility index (Phi) is 7.93. The first-order valence-corrected chi connectivity index (χ1v) is 10.2. The minimum Gasteiger partial charge on any atom is -0.497 e. The highest BCUT2D eigenvalue weighted by molar-refractivity contribution is 5.54. The number of methoxy groups -OCH3 is 1. The second kappa shape index (κ2) is 11.1. The molecule has 0 unspecified atom stereocenters. The summed E-state index contributed by atoms with van der Waals surface area (Å²) in [5.74, 6) is 0.909. The number of allylic oxidation sites excluding steroid dienone is 1. The monoisotopic (exact) mass is 370 g/mol. The van der Waals surface area contributed by atoms with E-state index in [-0.39, 0.29) is 0 Å². The molecule has 0 aromatic heterocycles. The first-order valence-electron chi connectivity index (χ1n) is 10.2. The van der Waals surface area contributed by atoms with Crippen LogP contribution in [-0.4, -0.2) is 7.11 Å². The Morgan fingerprint density at radius 2 is 1.18 bits per heavy atom. The molecule has 0 heterocycles. The average molecular weight is 371 g/mol. The fourth-order valence-electron chi connectivity index (χ4n) is 3.53. The van der Waals surface area contributed by atoms with Crippen molar-refractivity contribution in [1.29, 1.82) is 0 Å². The maximum atomic E-state index is 5.28. The predicted octanol–water partition coefficient (Wildman–Crippen LogP) is 7.12. The van der Waals surface area contributed by atoms with Gasteiger partial charge in [0.1, 0.15) is 5.75 Å². The third-order valence-electron chi connectivity index (χ3n) is 5.10. The van der Waals surface area contributed by atoms with Crippen molar-refractivity contribution < 1.29 is 4.74 Å². The molecule has 3 aromatic carbocycles. The van der Waals surface area contributed by atoms with Crippen LogP contribution in [0, 0.1) is 0 Å². The van der Waals surface area contributed by atoms with Crippen molar-refractivity contribution in [2.45, 2.75) is 38.5 Å². The molecule has 0 N–H and O–H groups in total. The lowest BCUT2D eigenvalue weighted by Gasteiger charge is -2.09. The summed E-state index contributed by atoms with van der Waals surface area (Å²) in [7, 11) is 1.71. The molecule has 3 aromatic rings. The van der Waals surface area contributed by atoms with Crippen molar-refractivity contribution in [2.24, 2.45) is 0 Å². The van der Waals surface area contributed by atoms with Gasteiger partial charge in [0.15, 0.2) is 0 Å². The van der Waals surface area contributed by atoms with E-state index >= 15 is 0 Å². The van der Waals surface area contributed by atoms with Gasteiger partial charge in [-0.2, -0.15) is 0 Å². The quantitative estimate of drug-likeness (QED) is 0.369. The number of rotatable bonds is 10. The molecular weight excluding hydrogens is 340 g/mol. The largest absolute Gasteiger partial charge is 0.497 e. The standard InChI is InChI=1S/C27H30O/c1-28-27-20-18-26(19-21-27)22-25(16-8-14-23-10-4-2-5-11-23)17-9-15-24-12-6-3-7-13-24/h2-7,10-13,18-22H,8-9,14-17H2,1H3. The first-order chi connectivity index (χ1) is 13.8. The van der Waals surface area contributed by atoms with E-state index in [1.807, 2.05) is 12.1 Å². The summed E-state index contributed by atoms with van der Waals surface area (Å²) in [5.41, 5.74) is 5.65. The van der Waals surface area contributed by atoms with Crippen LogP contribution in [0.3, 0.4) is 0 Å². The number of aryl methyl sites for hydroxylation is 2. The summed E-state index contributed by atoms with van der Waals surface area (Å²) < 4.78 is 5.28. The van der Waals surface area contributed by atoms with Gasteiger partial charge in [0, 0.05) is 0 Å². The molecule has 0 aliphatic heterocycles. The average Bonchev–Trinajstić information content (AvgIpc) is 2.75.